The first-order valence-corrected chi connectivity index (χ1v) is 8.29. The first kappa shape index (κ1) is 16.0. The van der Waals surface area contributed by atoms with E-state index in [1.807, 2.05) is 18.2 Å². The number of hydrogen-bond donors (Lipinski definition) is 2. The molecule has 0 amide bonds. The zero-order chi connectivity index (χ0) is 15.6. The molecule has 0 radical (unpaired) electrons. The highest BCUT2D eigenvalue weighted by atomic mass is 35.5. The van der Waals surface area contributed by atoms with E-state index >= 15 is 0 Å². The molecule has 0 saturated carbocycles. The van der Waals surface area contributed by atoms with E-state index in [-0.39, 0.29) is 17.5 Å². The number of halogens is 1. The lowest BCUT2D eigenvalue weighted by molar-refractivity contribution is 0.398. The third-order valence-electron chi connectivity index (χ3n) is 3.51. The van der Waals surface area contributed by atoms with Crippen molar-refractivity contribution in [3.63, 3.8) is 0 Å². The van der Waals surface area contributed by atoms with Crippen LogP contribution in [0.5, 0.6) is 0 Å². The van der Waals surface area contributed by atoms with Crippen LogP contribution in [0.2, 0.25) is 5.02 Å². The maximum absolute atomic E-state index is 12.6. The Morgan fingerprint density at radius 3 is 2.62 bits per heavy atom. The molecule has 0 aliphatic carbocycles. The average Bonchev–Trinajstić information content (AvgIpc) is 2.96. The molecule has 0 aliphatic rings. The monoisotopic (exact) mass is 327 g/mol. The maximum atomic E-state index is 12.6. The second kappa shape index (κ2) is 6.19. The Morgan fingerprint density at radius 2 is 2.05 bits per heavy atom. The van der Waals surface area contributed by atoms with Gasteiger partial charge in [0.25, 0.3) is 0 Å². The average molecular weight is 328 g/mol. The van der Waals surface area contributed by atoms with Crippen LogP contribution in [0.3, 0.4) is 0 Å². The topological polar surface area (TPSA) is 79.2 Å². The van der Waals surface area contributed by atoms with Crippen molar-refractivity contribution in [1.29, 1.82) is 0 Å². The van der Waals surface area contributed by atoms with Gasteiger partial charge in [-0.05, 0) is 24.6 Å². The van der Waals surface area contributed by atoms with Crippen LogP contribution in [0.4, 0.5) is 0 Å². The van der Waals surface area contributed by atoms with Gasteiger partial charge in [0, 0.05) is 36.5 Å². The highest BCUT2D eigenvalue weighted by molar-refractivity contribution is 7.89. The summed E-state index contributed by atoms with van der Waals surface area (Å²) in [7, 11) is -2.06. The van der Waals surface area contributed by atoms with Crippen molar-refractivity contribution in [2.24, 2.45) is 5.73 Å². The summed E-state index contributed by atoms with van der Waals surface area (Å²) in [6.45, 7) is 2.06. The van der Waals surface area contributed by atoms with E-state index in [1.54, 1.807) is 26.1 Å². The summed E-state index contributed by atoms with van der Waals surface area (Å²) in [6, 6.07) is 8.39. The molecule has 1 aromatic heterocycles. The molecular formula is C14H18ClN3O2S. The van der Waals surface area contributed by atoms with E-state index in [4.69, 9.17) is 17.3 Å². The quantitative estimate of drug-likeness (QED) is 0.885. The lowest BCUT2D eigenvalue weighted by Crippen LogP contribution is -2.29. The number of aromatic nitrogens is 1. The van der Waals surface area contributed by atoms with Crippen LogP contribution in [-0.4, -0.2) is 24.8 Å². The van der Waals surface area contributed by atoms with Gasteiger partial charge in [-0.1, -0.05) is 29.8 Å². The van der Waals surface area contributed by atoms with Crippen LogP contribution in [0.1, 0.15) is 24.2 Å². The molecule has 21 heavy (non-hydrogen) atoms. The zero-order valence-corrected chi connectivity index (χ0v) is 13.4. The van der Waals surface area contributed by atoms with Crippen molar-refractivity contribution in [1.82, 2.24) is 9.29 Å². The third-order valence-corrected chi connectivity index (χ3v) is 5.76. The van der Waals surface area contributed by atoms with Crippen LogP contribution in [0.15, 0.2) is 41.4 Å². The van der Waals surface area contributed by atoms with E-state index in [9.17, 15) is 8.42 Å². The predicted octanol–water partition coefficient (Wildman–Crippen LogP) is 2.51. The van der Waals surface area contributed by atoms with E-state index in [0.717, 1.165) is 5.56 Å². The largest absolute Gasteiger partial charge is 0.363 e. The van der Waals surface area contributed by atoms with Gasteiger partial charge in [0.15, 0.2) is 0 Å². The normalized spacial score (nSPS) is 13.6. The van der Waals surface area contributed by atoms with Crippen molar-refractivity contribution in [2.75, 3.05) is 7.05 Å². The lowest BCUT2D eigenvalue weighted by Gasteiger charge is -2.24. The van der Waals surface area contributed by atoms with Crippen LogP contribution in [0.25, 0.3) is 0 Å². The summed E-state index contributed by atoms with van der Waals surface area (Å²) < 4.78 is 26.5. The highest BCUT2D eigenvalue weighted by Crippen LogP contribution is 2.30. The minimum Gasteiger partial charge on any atom is -0.363 e. The van der Waals surface area contributed by atoms with Gasteiger partial charge in [-0.25, -0.2) is 8.42 Å². The Hall–Kier alpha value is -1.34. The Bertz CT molecular complexity index is 727. The van der Waals surface area contributed by atoms with Gasteiger partial charge >= 0.3 is 0 Å². The van der Waals surface area contributed by atoms with Gasteiger partial charge in [-0.2, -0.15) is 4.31 Å². The number of nitrogens with zero attached hydrogens (tertiary/aromatic N) is 1. The van der Waals surface area contributed by atoms with E-state index in [1.165, 1.54) is 10.5 Å². The van der Waals surface area contributed by atoms with Gasteiger partial charge in [-0.3, -0.25) is 0 Å². The SMILES string of the molecule is CC(c1ccccc1Cl)N(C)S(=O)(=O)c1c[nH]c(CN)c1. The van der Waals surface area contributed by atoms with E-state index in [2.05, 4.69) is 4.98 Å². The molecule has 7 heteroatoms. The minimum atomic E-state index is -3.60. The number of H-pyrrole nitrogens is 1. The second-order valence-electron chi connectivity index (χ2n) is 4.78. The number of sulfonamides is 1. The van der Waals surface area contributed by atoms with Crippen molar-refractivity contribution in [3.05, 3.63) is 52.8 Å². The molecule has 0 fully saturated rings. The van der Waals surface area contributed by atoms with E-state index < -0.39 is 10.0 Å². The van der Waals surface area contributed by atoms with Gasteiger partial charge < -0.3 is 10.7 Å². The fourth-order valence-corrected chi connectivity index (χ4v) is 3.72. The number of aromatic amines is 1. The molecule has 0 aliphatic heterocycles. The van der Waals surface area contributed by atoms with E-state index in [0.29, 0.717) is 10.7 Å². The standard InChI is InChI=1S/C14H18ClN3O2S/c1-10(13-5-3-4-6-14(13)15)18(2)21(19,20)12-7-11(8-16)17-9-12/h3-7,9-10,17H,8,16H2,1-2H3. The van der Waals surface area contributed by atoms with Gasteiger partial charge in [0.2, 0.25) is 10.0 Å². The first-order chi connectivity index (χ1) is 9.87. The molecule has 114 valence electrons. The number of rotatable bonds is 5. The molecule has 2 rings (SSSR count). The van der Waals surface area contributed by atoms with Crippen molar-refractivity contribution < 1.29 is 8.42 Å². The number of benzene rings is 1. The number of hydrogen-bond acceptors (Lipinski definition) is 3. The predicted molar refractivity (Wildman–Crippen MR) is 83.5 cm³/mol. The molecule has 1 atom stereocenters. The summed E-state index contributed by atoms with van der Waals surface area (Å²) in [5.41, 5.74) is 6.93. The maximum Gasteiger partial charge on any atom is 0.244 e. The molecule has 3 N–H and O–H groups in total. The molecule has 0 saturated heterocycles. The summed E-state index contributed by atoms with van der Waals surface area (Å²) in [5.74, 6) is 0. The third kappa shape index (κ3) is 3.13. The zero-order valence-electron chi connectivity index (χ0n) is 11.9. The summed E-state index contributed by atoms with van der Waals surface area (Å²) in [5, 5.41) is 0.545. The van der Waals surface area contributed by atoms with Crippen molar-refractivity contribution in [3.8, 4) is 0 Å². The van der Waals surface area contributed by atoms with Crippen molar-refractivity contribution in [2.45, 2.75) is 24.4 Å². The van der Waals surface area contributed by atoms with Crippen LogP contribution in [0, 0.1) is 0 Å². The molecule has 1 unspecified atom stereocenters. The Labute approximate surface area is 129 Å². The fraction of sp³-hybridized carbons (Fsp3) is 0.286. The Balaban J connectivity index is 2.34. The second-order valence-corrected chi connectivity index (χ2v) is 7.19. The summed E-state index contributed by atoms with van der Waals surface area (Å²) in [4.78, 5) is 3.05. The summed E-state index contributed by atoms with van der Waals surface area (Å²) in [6.07, 6.45) is 1.45. The number of nitrogens with one attached hydrogen (secondary N) is 1. The van der Waals surface area contributed by atoms with Crippen LogP contribution < -0.4 is 5.73 Å². The molecule has 2 aromatic rings. The summed E-state index contributed by atoms with van der Waals surface area (Å²) >= 11 is 6.14. The first-order valence-electron chi connectivity index (χ1n) is 6.47. The fourth-order valence-electron chi connectivity index (χ4n) is 2.07. The Morgan fingerprint density at radius 1 is 1.38 bits per heavy atom. The minimum absolute atomic E-state index is 0.198. The molecule has 5 nitrogen and oxygen atoms in total. The lowest BCUT2D eigenvalue weighted by atomic mass is 10.1. The van der Waals surface area contributed by atoms with Crippen LogP contribution >= 0.6 is 11.6 Å². The van der Waals surface area contributed by atoms with Crippen LogP contribution in [-0.2, 0) is 16.6 Å². The number of nitrogens with two attached hydrogens (primary N) is 1. The smallest absolute Gasteiger partial charge is 0.244 e. The highest BCUT2D eigenvalue weighted by Gasteiger charge is 2.28. The van der Waals surface area contributed by atoms with Gasteiger partial charge in [0.05, 0.1) is 4.90 Å². The molecular weight excluding hydrogens is 310 g/mol. The molecule has 0 spiro atoms. The molecule has 0 bridgehead atoms. The van der Waals surface area contributed by atoms with Crippen molar-refractivity contribution >= 4 is 21.6 Å². The van der Waals surface area contributed by atoms with Gasteiger partial charge in [-0.15, -0.1) is 0 Å². The van der Waals surface area contributed by atoms with Gasteiger partial charge in [0.1, 0.15) is 0 Å². The molecule has 1 heterocycles. The molecule has 1 aromatic carbocycles. The Kier molecular flexibility index (Phi) is 4.73.